The Morgan fingerprint density at radius 2 is 1.56 bits per heavy atom. The summed E-state index contributed by atoms with van der Waals surface area (Å²) in [5.74, 6) is 1.39. The molecule has 0 amide bonds. The van der Waals surface area contributed by atoms with Gasteiger partial charge in [0.1, 0.15) is 17.8 Å². The molecule has 27 heavy (non-hydrogen) atoms. The minimum atomic E-state index is -0.133. The van der Waals surface area contributed by atoms with Crippen molar-refractivity contribution < 1.29 is 9.47 Å². The van der Waals surface area contributed by atoms with Gasteiger partial charge >= 0.3 is 0 Å². The van der Waals surface area contributed by atoms with E-state index in [0.717, 1.165) is 22.6 Å². The zero-order valence-corrected chi connectivity index (χ0v) is 15.0. The Morgan fingerprint density at radius 3 is 2.22 bits per heavy atom. The van der Waals surface area contributed by atoms with Gasteiger partial charge in [-0.1, -0.05) is 30.3 Å². The molecule has 0 bridgehead atoms. The number of hydrogen-bond acceptors (Lipinski definition) is 4. The SMILES string of the molecule is COc1ccc(-n2cnc3cc(OC)cc(-c4ccccc4)c3c2=O)cc1. The molecule has 4 aromatic rings. The molecule has 1 heterocycles. The third kappa shape index (κ3) is 3.04. The van der Waals surface area contributed by atoms with E-state index in [1.54, 1.807) is 31.2 Å². The summed E-state index contributed by atoms with van der Waals surface area (Å²) < 4.78 is 12.1. The van der Waals surface area contributed by atoms with Gasteiger partial charge < -0.3 is 9.47 Å². The van der Waals surface area contributed by atoms with Gasteiger partial charge in [-0.25, -0.2) is 4.98 Å². The predicted molar refractivity (Wildman–Crippen MR) is 106 cm³/mol. The normalized spacial score (nSPS) is 10.7. The quantitative estimate of drug-likeness (QED) is 0.552. The Hall–Kier alpha value is -3.60. The van der Waals surface area contributed by atoms with Crippen LogP contribution in [0.4, 0.5) is 0 Å². The van der Waals surface area contributed by atoms with Gasteiger partial charge in [0.15, 0.2) is 0 Å². The summed E-state index contributed by atoms with van der Waals surface area (Å²) in [6, 6.07) is 20.7. The van der Waals surface area contributed by atoms with Crippen molar-refractivity contribution in [3.8, 4) is 28.3 Å². The Bertz CT molecular complexity index is 1150. The van der Waals surface area contributed by atoms with E-state index in [4.69, 9.17) is 9.47 Å². The average Bonchev–Trinajstić information content (AvgIpc) is 2.74. The number of nitrogens with zero attached hydrogens (tertiary/aromatic N) is 2. The molecule has 134 valence electrons. The topological polar surface area (TPSA) is 53.4 Å². The molecule has 0 radical (unpaired) electrons. The molecule has 0 spiro atoms. The predicted octanol–water partition coefficient (Wildman–Crippen LogP) is 4.07. The molecule has 3 aromatic carbocycles. The summed E-state index contributed by atoms with van der Waals surface area (Å²) in [5.41, 5.74) is 2.93. The first kappa shape index (κ1) is 16.8. The molecule has 0 N–H and O–H groups in total. The van der Waals surface area contributed by atoms with Gasteiger partial charge in [-0.2, -0.15) is 0 Å². The van der Waals surface area contributed by atoms with Crippen LogP contribution in [0.25, 0.3) is 27.7 Å². The first-order valence-electron chi connectivity index (χ1n) is 8.50. The number of fused-ring (bicyclic) bond motifs is 1. The monoisotopic (exact) mass is 358 g/mol. The summed E-state index contributed by atoms with van der Waals surface area (Å²) in [5, 5.41) is 0.556. The van der Waals surface area contributed by atoms with Crippen LogP contribution in [0.15, 0.2) is 77.9 Å². The maximum atomic E-state index is 13.3. The molecule has 0 aliphatic rings. The summed E-state index contributed by atoms with van der Waals surface area (Å²) in [6.45, 7) is 0. The number of ether oxygens (including phenoxy) is 2. The highest BCUT2D eigenvalue weighted by molar-refractivity contribution is 5.95. The largest absolute Gasteiger partial charge is 0.497 e. The molecule has 0 aliphatic heterocycles. The lowest BCUT2D eigenvalue weighted by Gasteiger charge is -2.12. The van der Waals surface area contributed by atoms with Gasteiger partial charge in [-0.15, -0.1) is 0 Å². The van der Waals surface area contributed by atoms with Crippen molar-refractivity contribution in [3.05, 3.63) is 83.4 Å². The number of methoxy groups -OCH3 is 2. The number of benzene rings is 3. The first-order chi connectivity index (χ1) is 13.2. The van der Waals surface area contributed by atoms with Crippen LogP contribution < -0.4 is 15.0 Å². The molecular weight excluding hydrogens is 340 g/mol. The van der Waals surface area contributed by atoms with Crippen molar-refractivity contribution in [2.75, 3.05) is 14.2 Å². The summed E-state index contributed by atoms with van der Waals surface area (Å²) in [7, 11) is 3.22. The zero-order chi connectivity index (χ0) is 18.8. The zero-order valence-electron chi connectivity index (χ0n) is 15.0. The number of hydrogen-bond donors (Lipinski definition) is 0. The average molecular weight is 358 g/mol. The Morgan fingerprint density at radius 1 is 0.852 bits per heavy atom. The van der Waals surface area contributed by atoms with Crippen molar-refractivity contribution in [3.63, 3.8) is 0 Å². The fourth-order valence-electron chi connectivity index (χ4n) is 3.11. The van der Waals surface area contributed by atoms with Crippen LogP contribution in [0.3, 0.4) is 0 Å². The molecule has 0 atom stereocenters. The summed E-state index contributed by atoms with van der Waals surface area (Å²) in [4.78, 5) is 17.8. The summed E-state index contributed by atoms with van der Waals surface area (Å²) >= 11 is 0. The van der Waals surface area contributed by atoms with Crippen molar-refractivity contribution >= 4 is 10.9 Å². The van der Waals surface area contributed by atoms with E-state index in [2.05, 4.69) is 4.98 Å². The highest BCUT2D eigenvalue weighted by atomic mass is 16.5. The van der Waals surface area contributed by atoms with Crippen LogP contribution >= 0.6 is 0 Å². The second-order valence-corrected chi connectivity index (χ2v) is 6.05. The van der Waals surface area contributed by atoms with Crippen LogP contribution in [0.1, 0.15) is 0 Å². The Labute approximate surface area is 156 Å². The number of aromatic nitrogens is 2. The molecular formula is C22H18N2O3. The lowest BCUT2D eigenvalue weighted by Crippen LogP contribution is -2.19. The van der Waals surface area contributed by atoms with Crippen LogP contribution in [-0.2, 0) is 0 Å². The lowest BCUT2D eigenvalue weighted by atomic mass is 10.0. The Balaban J connectivity index is 2.00. The molecule has 5 heteroatoms. The fraction of sp³-hybridized carbons (Fsp3) is 0.0909. The molecule has 5 nitrogen and oxygen atoms in total. The molecule has 4 rings (SSSR count). The minimum absolute atomic E-state index is 0.133. The number of rotatable bonds is 4. The van der Waals surface area contributed by atoms with Crippen LogP contribution in [0.5, 0.6) is 11.5 Å². The van der Waals surface area contributed by atoms with E-state index in [-0.39, 0.29) is 5.56 Å². The third-order valence-corrected chi connectivity index (χ3v) is 4.51. The van der Waals surface area contributed by atoms with E-state index in [0.29, 0.717) is 16.7 Å². The maximum absolute atomic E-state index is 13.3. The van der Waals surface area contributed by atoms with E-state index < -0.39 is 0 Å². The van der Waals surface area contributed by atoms with E-state index >= 15 is 0 Å². The molecule has 0 saturated heterocycles. The molecule has 0 saturated carbocycles. The van der Waals surface area contributed by atoms with Gasteiger partial charge in [0.2, 0.25) is 0 Å². The van der Waals surface area contributed by atoms with E-state index in [1.165, 1.54) is 0 Å². The Kier molecular flexibility index (Phi) is 4.34. The smallest absolute Gasteiger partial charge is 0.266 e. The molecule has 0 aliphatic carbocycles. The van der Waals surface area contributed by atoms with E-state index in [9.17, 15) is 4.79 Å². The van der Waals surface area contributed by atoms with Gasteiger partial charge in [0.25, 0.3) is 5.56 Å². The van der Waals surface area contributed by atoms with Crippen LogP contribution in [-0.4, -0.2) is 23.8 Å². The fourth-order valence-corrected chi connectivity index (χ4v) is 3.11. The van der Waals surface area contributed by atoms with Crippen molar-refractivity contribution in [1.29, 1.82) is 0 Å². The summed E-state index contributed by atoms with van der Waals surface area (Å²) in [6.07, 6.45) is 1.54. The van der Waals surface area contributed by atoms with Crippen molar-refractivity contribution in [2.45, 2.75) is 0 Å². The molecule has 1 aromatic heterocycles. The minimum Gasteiger partial charge on any atom is -0.497 e. The van der Waals surface area contributed by atoms with Gasteiger partial charge in [-0.3, -0.25) is 9.36 Å². The van der Waals surface area contributed by atoms with Gasteiger partial charge in [0.05, 0.1) is 30.8 Å². The molecule has 0 fully saturated rings. The van der Waals surface area contributed by atoms with Crippen LogP contribution in [0.2, 0.25) is 0 Å². The van der Waals surface area contributed by atoms with Gasteiger partial charge in [0, 0.05) is 11.6 Å². The second kappa shape index (κ2) is 6.96. The van der Waals surface area contributed by atoms with Crippen molar-refractivity contribution in [1.82, 2.24) is 9.55 Å². The third-order valence-electron chi connectivity index (χ3n) is 4.51. The highest BCUT2D eigenvalue weighted by Gasteiger charge is 2.14. The van der Waals surface area contributed by atoms with Crippen LogP contribution in [0, 0.1) is 0 Å². The van der Waals surface area contributed by atoms with E-state index in [1.807, 2.05) is 60.7 Å². The first-order valence-corrected chi connectivity index (χ1v) is 8.50. The highest BCUT2D eigenvalue weighted by Crippen LogP contribution is 2.30. The second-order valence-electron chi connectivity index (χ2n) is 6.05. The maximum Gasteiger partial charge on any atom is 0.266 e. The standard InChI is InChI=1S/C22H18N2O3/c1-26-17-10-8-16(9-11-17)24-14-23-20-13-18(27-2)12-19(21(20)22(24)25)15-6-4-3-5-7-15/h3-14H,1-2H3. The van der Waals surface area contributed by atoms with Gasteiger partial charge in [-0.05, 0) is 35.9 Å². The lowest BCUT2D eigenvalue weighted by molar-refractivity contribution is 0.414. The molecule has 0 unspecified atom stereocenters. The van der Waals surface area contributed by atoms with Crippen molar-refractivity contribution in [2.24, 2.45) is 0 Å².